The summed E-state index contributed by atoms with van der Waals surface area (Å²) in [5.74, 6) is 3.84. The van der Waals surface area contributed by atoms with Crippen molar-refractivity contribution in [2.75, 3.05) is 5.32 Å². The third kappa shape index (κ3) is 3.66. The first-order valence-corrected chi connectivity index (χ1v) is 13.8. The molecule has 4 fully saturated rings. The summed E-state index contributed by atoms with van der Waals surface area (Å²) in [6, 6.07) is 2.39. The monoisotopic (exact) mass is 498 g/mol. The summed E-state index contributed by atoms with van der Waals surface area (Å²) in [7, 11) is 0. The van der Waals surface area contributed by atoms with Crippen LogP contribution in [-0.4, -0.2) is 40.2 Å². The van der Waals surface area contributed by atoms with Crippen molar-refractivity contribution in [1.29, 1.82) is 0 Å². The number of nitrogens with one attached hydrogen (secondary N) is 1. The van der Waals surface area contributed by atoms with Gasteiger partial charge in [0.1, 0.15) is 17.8 Å². The molecule has 10 heteroatoms. The van der Waals surface area contributed by atoms with E-state index in [0.717, 1.165) is 46.9 Å². The summed E-state index contributed by atoms with van der Waals surface area (Å²) in [5.41, 5.74) is 3.78. The van der Waals surface area contributed by atoms with Gasteiger partial charge in [-0.05, 0) is 74.3 Å². The van der Waals surface area contributed by atoms with E-state index in [0.29, 0.717) is 29.4 Å². The maximum atomic E-state index is 13.2. The number of rotatable bonds is 7. The van der Waals surface area contributed by atoms with Gasteiger partial charge in [-0.1, -0.05) is 0 Å². The topological polar surface area (TPSA) is 103 Å². The number of pyridine rings is 1. The van der Waals surface area contributed by atoms with Gasteiger partial charge in [-0.25, -0.2) is 9.97 Å². The zero-order valence-corrected chi connectivity index (χ0v) is 20.6. The molecule has 4 heterocycles. The molecular formula is C26H26N8OS. The van der Waals surface area contributed by atoms with E-state index in [4.69, 9.17) is 0 Å². The van der Waals surface area contributed by atoms with E-state index in [1.165, 1.54) is 49.0 Å². The lowest BCUT2D eigenvalue weighted by atomic mass is 9.93. The van der Waals surface area contributed by atoms with Crippen molar-refractivity contribution in [3.63, 3.8) is 0 Å². The second-order valence-corrected chi connectivity index (χ2v) is 11.7. The first kappa shape index (κ1) is 20.8. The number of anilines is 1. The maximum absolute atomic E-state index is 13.2. The summed E-state index contributed by atoms with van der Waals surface area (Å²) in [4.78, 5) is 27.1. The molecule has 4 saturated carbocycles. The first-order chi connectivity index (χ1) is 17.7. The molecule has 4 aliphatic rings. The van der Waals surface area contributed by atoms with Crippen LogP contribution in [0.3, 0.4) is 0 Å². The molecular weight excluding hydrogens is 472 g/mol. The molecule has 1 amide bonds. The van der Waals surface area contributed by atoms with Gasteiger partial charge in [0, 0.05) is 29.7 Å². The van der Waals surface area contributed by atoms with Crippen LogP contribution in [0.5, 0.6) is 0 Å². The van der Waals surface area contributed by atoms with Gasteiger partial charge in [0.25, 0.3) is 5.91 Å². The van der Waals surface area contributed by atoms with Crippen LogP contribution in [0.4, 0.5) is 5.82 Å². The zero-order chi connectivity index (χ0) is 23.8. The molecule has 0 aromatic carbocycles. The third-order valence-electron chi connectivity index (χ3n) is 8.15. The standard InChI is InChI=1S/C26H26N8OS/c35-25(30-23-11-36-26(31-23)24-32-29-13-34(24)18-3-4-18)20-8-22(33-10-21(28-12-33)14-1-2-14)19(9-27-20)17-6-15-5-16(15)7-17/h8-18H,1-7H2,(H,30,35). The van der Waals surface area contributed by atoms with Crippen LogP contribution in [0.15, 0.2) is 36.5 Å². The molecule has 8 rings (SSSR count). The molecule has 4 aromatic heterocycles. The number of carbonyl (C=O) groups is 1. The van der Waals surface area contributed by atoms with Crippen molar-refractivity contribution >= 4 is 23.1 Å². The van der Waals surface area contributed by atoms with Gasteiger partial charge in [-0.3, -0.25) is 9.78 Å². The van der Waals surface area contributed by atoms with Crippen LogP contribution in [0.25, 0.3) is 16.5 Å². The van der Waals surface area contributed by atoms with Crippen LogP contribution in [-0.2, 0) is 0 Å². The van der Waals surface area contributed by atoms with Crippen molar-refractivity contribution in [3.8, 4) is 16.5 Å². The van der Waals surface area contributed by atoms with Crippen LogP contribution in [0.1, 0.15) is 84.6 Å². The summed E-state index contributed by atoms with van der Waals surface area (Å²) in [6.45, 7) is 0. The number of carbonyl (C=O) groups excluding carboxylic acids is 1. The first-order valence-electron chi connectivity index (χ1n) is 12.9. The highest BCUT2D eigenvalue weighted by Gasteiger charge is 2.46. The second-order valence-electron chi connectivity index (χ2n) is 10.8. The fourth-order valence-corrected chi connectivity index (χ4v) is 6.51. The van der Waals surface area contributed by atoms with Gasteiger partial charge in [0.2, 0.25) is 0 Å². The lowest BCUT2D eigenvalue weighted by molar-refractivity contribution is 0.102. The summed E-state index contributed by atoms with van der Waals surface area (Å²) in [5, 5.41) is 13.8. The molecule has 0 saturated heterocycles. The molecule has 0 spiro atoms. The van der Waals surface area contributed by atoms with Crippen LogP contribution in [0.2, 0.25) is 0 Å². The van der Waals surface area contributed by atoms with E-state index in [9.17, 15) is 4.79 Å². The predicted octanol–water partition coefficient (Wildman–Crippen LogP) is 4.96. The highest BCUT2D eigenvalue weighted by Crippen LogP contribution is 2.58. The Kier molecular flexibility index (Phi) is 4.50. The summed E-state index contributed by atoms with van der Waals surface area (Å²) in [6.07, 6.45) is 16.3. The molecule has 0 radical (unpaired) electrons. The third-order valence-corrected chi connectivity index (χ3v) is 8.99. The highest BCUT2D eigenvalue weighted by molar-refractivity contribution is 7.13. The zero-order valence-electron chi connectivity index (χ0n) is 19.7. The van der Waals surface area contributed by atoms with E-state index in [2.05, 4.69) is 45.8 Å². The number of amides is 1. The average molecular weight is 499 g/mol. The average Bonchev–Trinajstić information content (AvgIpc) is 3.86. The number of nitrogens with zero attached hydrogens (tertiary/aromatic N) is 7. The molecule has 0 bridgehead atoms. The quantitative estimate of drug-likeness (QED) is 0.386. The van der Waals surface area contributed by atoms with Crippen molar-refractivity contribution in [2.45, 2.75) is 62.8 Å². The van der Waals surface area contributed by atoms with E-state index in [1.54, 1.807) is 6.33 Å². The molecule has 4 aliphatic carbocycles. The Balaban J connectivity index is 1.08. The number of aromatic nitrogens is 7. The number of thiazole rings is 1. The normalized spacial score (nSPS) is 24.6. The van der Waals surface area contributed by atoms with Gasteiger partial charge in [-0.2, -0.15) is 0 Å². The largest absolute Gasteiger partial charge is 0.308 e. The molecule has 9 nitrogen and oxygen atoms in total. The molecule has 0 aliphatic heterocycles. The Morgan fingerprint density at radius 3 is 2.69 bits per heavy atom. The maximum Gasteiger partial charge on any atom is 0.275 e. The lowest BCUT2D eigenvalue weighted by Crippen LogP contribution is -2.16. The van der Waals surface area contributed by atoms with E-state index >= 15 is 0 Å². The number of fused-ring (bicyclic) bond motifs is 1. The Morgan fingerprint density at radius 2 is 1.89 bits per heavy atom. The Bertz CT molecular complexity index is 1470. The summed E-state index contributed by atoms with van der Waals surface area (Å²) >= 11 is 1.46. The van der Waals surface area contributed by atoms with Crippen molar-refractivity contribution in [1.82, 2.24) is 34.3 Å². The van der Waals surface area contributed by atoms with Crippen molar-refractivity contribution in [2.24, 2.45) is 11.8 Å². The Morgan fingerprint density at radius 1 is 1.03 bits per heavy atom. The minimum Gasteiger partial charge on any atom is -0.308 e. The molecule has 1 N–H and O–H groups in total. The smallest absolute Gasteiger partial charge is 0.275 e. The molecule has 36 heavy (non-hydrogen) atoms. The van der Waals surface area contributed by atoms with Gasteiger partial charge >= 0.3 is 0 Å². The fraction of sp³-hybridized carbons (Fsp3) is 0.462. The minimum absolute atomic E-state index is 0.264. The summed E-state index contributed by atoms with van der Waals surface area (Å²) < 4.78 is 4.17. The number of hydrogen-bond acceptors (Lipinski definition) is 7. The molecule has 2 atom stereocenters. The molecule has 182 valence electrons. The fourth-order valence-electron chi connectivity index (χ4n) is 5.78. The van der Waals surface area contributed by atoms with Crippen LogP contribution < -0.4 is 5.32 Å². The van der Waals surface area contributed by atoms with Gasteiger partial charge in [0.05, 0.1) is 17.7 Å². The number of hydrogen-bond donors (Lipinski definition) is 1. The van der Waals surface area contributed by atoms with Gasteiger partial charge in [-0.15, -0.1) is 21.5 Å². The van der Waals surface area contributed by atoms with Crippen LogP contribution in [0, 0.1) is 11.8 Å². The highest BCUT2D eigenvalue weighted by atomic mass is 32.1. The molecule has 4 aromatic rings. The van der Waals surface area contributed by atoms with Crippen molar-refractivity contribution in [3.05, 3.63) is 53.4 Å². The van der Waals surface area contributed by atoms with E-state index in [1.807, 2.05) is 24.0 Å². The van der Waals surface area contributed by atoms with E-state index in [-0.39, 0.29) is 5.91 Å². The molecule has 2 unspecified atom stereocenters. The van der Waals surface area contributed by atoms with Crippen LogP contribution >= 0.6 is 11.3 Å². The van der Waals surface area contributed by atoms with Gasteiger partial charge in [0.15, 0.2) is 10.8 Å². The predicted molar refractivity (Wildman–Crippen MR) is 134 cm³/mol. The second kappa shape index (κ2) is 7.80. The van der Waals surface area contributed by atoms with Gasteiger partial charge < -0.3 is 14.5 Å². The Labute approximate surface area is 212 Å². The van der Waals surface area contributed by atoms with E-state index < -0.39 is 0 Å². The minimum atomic E-state index is -0.264. The van der Waals surface area contributed by atoms with Crippen molar-refractivity contribution < 1.29 is 4.79 Å². The lowest BCUT2D eigenvalue weighted by Gasteiger charge is -2.18. The SMILES string of the molecule is O=C(Nc1csc(-c2nncn2C2CC2)n1)c1cc(-n2cnc(C3CC3)c2)c(C2CC3CC3C2)cn1. The Hall–Kier alpha value is -3.40. The number of imidazole rings is 1.